The highest BCUT2D eigenvalue weighted by molar-refractivity contribution is 5.79. The van der Waals surface area contributed by atoms with Crippen molar-refractivity contribution < 1.29 is 4.79 Å². The number of carbonyl (C=O) groups excluding carboxylic acids is 1. The Balaban J connectivity index is 1.69. The maximum atomic E-state index is 12.0. The smallest absolute Gasteiger partial charge is 0.224 e. The first kappa shape index (κ1) is 11.7. The Kier molecular flexibility index (Phi) is 3.33. The van der Waals surface area contributed by atoms with Gasteiger partial charge in [-0.1, -0.05) is 18.2 Å². The molecule has 1 aromatic rings. The molecule has 0 bridgehead atoms. The highest BCUT2D eigenvalue weighted by atomic mass is 16.1. The third kappa shape index (κ3) is 2.41. The standard InChI is InChI=1S/C15H20N2O/c18-15(17-13-5-2-6-13)9-11-3-1-4-12-10-16-8-7-14(11)12/h1,3-4,13,16H,2,5-10H2,(H,17,18). The van der Waals surface area contributed by atoms with E-state index in [2.05, 4.69) is 28.8 Å². The second-order valence-electron chi connectivity index (χ2n) is 5.35. The van der Waals surface area contributed by atoms with Crippen LogP contribution < -0.4 is 10.6 Å². The lowest BCUT2D eigenvalue weighted by Gasteiger charge is -2.27. The van der Waals surface area contributed by atoms with E-state index in [1.807, 2.05) is 0 Å². The van der Waals surface area contributed by atoms with Crippen molar-refractivity contribution in [2.24, 2.45) is 0 Å². The molecule has 3 rings (SSSR count). The van der Waals surface area contributed by atoms with Crippen LogP contribution in [0, 0.1) is 0 Å². The highest BCUT2D eigenvalue weighted by Crippen LogP contribution is 2.21. The molecule has 0 spiro atoms. The van der Waals surface area contributed by atoms with E-state index in [0.717, 1.165) is 32.4 Å². The summed E-state index contributed by atoms with van der Waals surface area (Å²) < 4.78 is 0. The van der Waals surface area contributed by atoms with Crippen molar-refractivity contribution in [3.8, 4) is 0 Å². The van der Waals surface area contributed by atoms with Crippen LogP contribution >= 0.6 is 0 Å². The van der Waals surface area contributed by atoms with Gasteiger partial charge in [0.15, 0.2) is 0 Å². The molecule has 1 aliphatic carbocycles. The molecule has 2 N–H and O–H groups in total. The van der Waals surface area contributed by atoms with Gasteiger partial charge in [-0.2, -0.15) is 0 Å². The van der Waals surface area contributed by atoms with Crippen LogP contribution in [-0.4, -0.2) is 18.5 Å². The van der Waals surface area contributed by atoms with E-state index >= 15 is 0 Å². The predicted molar refractivity (Wildman–Crippen MR) is 71.3 cm³/mol. The quantitative estimate of drug-likeness (QED) is 0.847. The van der Waals surface area contributed by atoms with Gasteiger partial charge in [0.2, 0.25) is 5.91 Å². The molecule has 0 atom stereocenters. The van der Waals surface area contributed by atoms with Crippen LogP contribution in [0.25, 0.3) is 0 Å². The van der Waals surface area contributed by atoms with Gasteiger partial charge in [-0.25, -0.2) is 0 Å². The summed E-state index contributed by atoms with van der Waals surface area (Å²) in [4.78, 5) is 12.0. The Hall–Kier alpha value is -1.35. The number of carbonyl (C=O) groups is 1. The third-order valence-electron chi connectivity index (χ3n) is 4.06. The molecule has 1 fully saturated rings. The van der Waals surface area contributed by atoms with Crippen LogP contribution in [0.4, 0.5) is 0 Å². The Morgan fingerprint density at radius 1 is 1.39 bits per heavy atom. The van der Waals surface area contributed by atoms with E-state index in [1.54, 1.807) is 0 Å². The second kappa shape index (κ2) is 5.11. The molecule has 0 saturated heterocycles. The number of fused-ring (bicyclic) bond motifs is 1. The van der Waals surface area contributed by atoms with Crippen LogP contribution in [0.5, 0.6) is 0 Å². The van der Waals surface area contributed by atoms with Gasteiger partial charge in [0.05, 0.1) is 6.42 Å². The van der Waals surface area contributed by atoms with Crippen LogP contribution in [0.2, 0.25) is 0 Å². The first-order chi connectivity index (χ1) is 8.83. The van der Waals surface area contributed by atoms with Crippen molar-refractivity contribution in [3.05, 3.63) is 34.9 Å². The second-order valence-corrected chi connectivity index (χ2v) is 5.35. The van der Waals surface area contributed by atoms with Crippen molar-refractivity contribution in [1.82, 2.24) is 10.6 Å². The molecule has 1 aliphatic heterocycles. The molecule has 0 unspecified atom stereocenters. The summed E-state index contributed by atoms with van der Waals surface area (Å²) in [5, 5.41) is 6.49. The molecule has 1 aromatic carbocycles. The molecule has 96 valence electrons. The summed E-state index contributed by atoms with van der Waals surface area (Å²) in [5.74, 6) is 0.187. The predicted octanol–water partition coefficient (Wildman–Crippen LogP) is 1.54. The summed E-state index contributed by atoms with van der Waals surface area (Å²) in [5.41, 5.74) is 3.96. The molecule has 1 saturated carbocycles. The molecular formula is C15H20N2O. The minimum atomic E-state index is 0.187. The average molecular weight is 244 g/mol. The van der Waals surface area contributed by atoms with Gasteiger partial charge in [0.25, 0.3) is 0 Å². The van der Waals surface area contributed by atoms with E-state index in [1.165, 1.54) is 23.1 Å². The van der Waals surface area contributed by atoms with E-state index in [0.29, 0.717) is 12.5 Å². The Labute approximate surface area is 108 Å². The van der Waals surface area contributed by atoms with Gasteiger partial charge in [0.1, 0.15) is 0 Å². The van der Waals surface area contributed by atoms with Gasteiger partial charge < -0.3 is 10.6 Å². The van der Waals surface area contributed by atoms with Gasteiger partial charge in [-0.3, -0.25) is 4.79 Å². The normalized spacial score (nSPS) is 18.9. The summed E-state index contributed by atoms with van der Waals surface area (Å²) in [6.45, 7) is 1.96. The highest BCUT2D eigenvalue weighted by Gasteiger charge is 2.20. The van der Waals surface area contributed by atoms with Gasteiger partial charge in [0, 0.05) is 12.6 Å². The fourth-order valence-corrected chi connectivity index (χ4v) is 2.78. The number of rotatable bonds is 3. The minimum Gasteiger partial charge on any atom is -0.353 e. The summed E-state index contributed by atoms with van der Waals surface area (Å²) in [6.07, 6.45) is 5.16. The first-order valence-electron chi connectivity index (χ1n) is 6.92. The molecule has 1 heterocycles. The maximum Gasteiger partial charge on any atom is 0.224 e. The lowest BCUT2D eigenvalue weighted by Crippen LogP contribution is -2.40. The Morgan fingerprint density at radius 2 is 2.28 bits per heavy atom. The van der Waals surface area contributed by atoms with Crippen molar-refractivity contribution in [1.29, 1.82) is 0 Å². The summed E-state index contributed by atoms with van der Waals surface area (Å²) in [7, 11) is 0. The zero-order valence-electron chi connectivity index (χ0n) is 10.7. The zero-order valence-corrected chi connectivity index (χ0v) is 10.7. The number of benzene rings is 1. The zero-order chi connectivity index (χ0) is 12.4. The molecule has 0 aromatic heterocycles. The monoisotopic (exact) mass is 244 g/mol. The first-order valence-corrected chi connectivity index (χ1v) is 6.92. The minimum absolute atomic E-state index is 0.187. The lowest BCUT2D eigenvalue weighted by atomic mass is 9.91. The maximum absolute atomic E-state index is 12.0. The lowest BCUT2D eigenvalue weighted by molar-refractivity contribution is -0.121. The number of hydrogen-bond donors (Lipinski definition) is 2. The largest absolute Gasteiger partial charge is 0.353 e. The van der Waals surface area contributed by atoms with Crippen LogP contribution in [-0.2, 0) is 24.2 Å². The molecule has 3 nitrogen and oxygen atoms in total. The van der Waals surface area contributed by atoms with E-state index < -0.39 is 0 Å². The van der Waals surface area contributed by atoms with Gasteiger partial charge >= 0.3 is 0 Å². The molecule has 3 heteroatoms. The number of amides is 1. The molecule has 2 aliphatic rings. The third-order valence-corrected chi connectivity index (χ3v) is 4.06. The Morgan fingerprint density at radius 3 is 3.06 bits per heavy atom. The van der Waals surface area contributed by atoms with Crippen molar-refractivity contribution in [3.63, 3.8) is 0 Å². The summed E-state index contributed by atoms with van der Waals surface area (Å²) in [6, 6.07) is 6.77. The molecule has 18 heavy (non-hydrogen) atoms. The molecule has 0 radical (unpaired) electrons. The van der Waals surface area contributed by atoms with Gasteiger partial charge in [-0.15, -0.1) is 0 Å². The Bertz CT molecular complexity index is 452. The van der Waals surface area contributed by atoms with Crippen molar-refractivity contribution >= 4 is 5.91 Å². The summed E-state index contributed by atoms with van der Waals surface area (Å²) >= 11 is 0. The topological polar surface area (TPSA) is 41.1 Å². The van der Waals surface area contributed by atoms with Crippen LogP contribution in [0.15, 0.2) is 18.2 Å². The van der Waals surface area contributed by atoms with E-state index in [4.69, 9.17) is 0 Å². The van der Waals surface area contributed by atoms with Crippen molar-refractivity contribution in [2.45, 2.75) is 44.7 Å². The van der Waals surface area contributed by atoms with E-state index in [-0.39, 0.29) is 5.91 Å². The average Bonchev–Trinajstić information content (AvgIpc) is 2.34. The van der Waals surface area contributed by atoms with Gasteiger partial charge in [-0.05, 0) is 48.9 Å². The number of nitrogens with one attached hydrogen (secondary N) is 2. The van der Waals surface area contributed by atoms with Crippen LogP contribution in [0.3, 0.4) is 0 Å². The van der Waals surface area contributed by atoms with Crippen molar-refractivity contribution in [2.75, 3.05) is 6.54 Å². The SMILES string of the molecule is O=C(Cc1cccc2c1CCNC2)NC1CCC1. The van der Waals surface area contributed by atoms with E-state index in [9.17, 15) is 4.79 Å². The number of hydrogen-bond acceptors (Lipinski definition) is 2. The molecule has 1 amide bonds. The fraction of sp³-hybridized carbons (Fsp3) is 0.533. The molecular weight excluding hydrogens is 224 g/mol. The fourth-order valence-electron chi connectivity index (χ4n) is 2.78. The van der Waals surface area contributed by atoms with Crippen LogP contribution in [0.1, 0.15) is 36.0 Å².